The Kier molecular flexibility index (Phi) is 9.95. The number of carbonyl (C=O) groups is 1. The van der Waals surface area contributed by atoms with Crippen LogP contribution in [-0.4, -0.2) is 38.0 Å². The predicted octanol–water partition coefficient (Wildman–Crippen LogP) is 5.45. The lowest BCUT2D eigenvalue weighted by molar-refractivity contribution is -0.139. The summed E-state index contributed by atoms with van der Waals surface area (Å²) >= 11 is 7.24. The van der Waals surface area contributed by atoms with E-state index in [2.05, 4.69) is 4.99 Å². The fourth-order valence-corrected chi connectivity index (χ4v) is 6.20. The first-order valence-electron chi connectivity index (χ1n) is 14.3. The molecule has 2 heterocycles. The average Bonchev–Trinajstić information content (AvgIpc) is 3.34. The molecule has 0 amide bonds. The smallest absolute Gasteiger partial charge is 0.338 e. The molecular weight excluding hydrogens is 616 g/mol. The highest BCUT2D eigenvalue weighted by Crippen LogP contribution is 2.36. The summed E-state index contributed by atoms with van der Waals surface area (Å²) in [4.78, 5) is 32.4. The van der Waals surface area contributed by atoms with Gasteiger partial charge in [0.1, 0.15) is 6.61 Å². The minimum Gasteiger partial charge on any atom is -0.493 e. The molecule has 0 aliphatic carbocycles. The molecule has 11 heteroatoms. The highest BCUT2D eigenvalue weighted by atomic mass is 35.5. The third kappa shape index (κ3) is 6.77. The summed E-state index contributed by atoms with van der Waals surface area (Å²) in [6.45, 7) is 6.33. The van der Waals surface area contributed by atoms with E-state index in [1.165, 1.54) is 23.0 Å². The van der Waals surface area contributed by atoms with Gasteiger partial charge >= 0.3 is 5.97 Å². The molecule has 9 nitrogen and oxygen atoms in total. The Morgan fingerprint density at radius 2 is 1.67 bits per heavy atom. The first kappa shape index (κ1) is 31.9. The lowest BCUT2D eigenvalue weighted by Gasteiger charge is -2.25. The number of aromatic nitrogens is 1. The van der Waals surface area contributed by atoms with Crippen molar-refractivity contribution >= 4 is 35.0 Å². The maximum Gasteiger partial charge on any atom is 0.338 e. The maximum atomic E-state index is 14.1. The van der Waals surface area contributed by atoms with E-state index in [1.807, 2.05) is 49.4 Å². The summed E-state index contributed by atoms with van der Waals surface area (Å²) in [7, 11) is 3.08. The fourth-order valence-electron chi connectivity index (χ4n) is 5.02. The van der Waals surface area contributed by atoms with Crippen molar-refractivity contribution < 1.29 is 28.5 Å². The van der Waals surface area contributed by atoms with Crippen LogP contribution >= 0.6 is 22.9 Å². The second-order valence-corrected chi connectivity index (χ2v) is 11.4. The summed E-state index contributed by atoms with van der Waals surface area (Å²) in [5, 5.41) is 0.658. The Morgan fingerprint density at radius 1 is 0.933 bits per heavy atom. The van der Waals surface area contributed by atoms with Gasteiger partial charge in [-0.25, -0.2) is 9.79 Å². The number of fused-ring (bicyclic) bond motifs is 1. The van der Waals surface area contributed by atoms with Gasteiger partial charge in [0.2, 0.25) is 0 Å². The van der Waals surface area contributed by atoms with E-state index in [-0.39, 0.29) is 17.7 Å². The zero-order valence-corrected chi connectivity index (χ0v) is 27.2. The third-order valence-electron chi connectivity index (χ3n) is 7.11. The van der Waals surface area contributed by atoms with Crippen molar-refractivity contribution in [2.75, 3.05) is 27.4 Å². The molecule has 0 saturated heterocycles. The molecule has 234 valence electrons. The van der Waals surface area contributed by atoms with Gasteiger partial charge in [-0.3, -0.25) is 9.36 Å². The summed E-state index contributed by atoms with van der Waals surface area (Å²) < 4.78 is 30.2. The number of rotatable bonds is 11. The predicted molar refractivity (Wildman–Crippen MR) is 173 cm³/mol. The molecule has 0 spiro atoms. The zero-order valence-electron chi connectivity index (χ0n) is 25.6. The molecule has 0 fully saturated rings. The van der Waals surface area contributed by atoms with Crippen molar-refractivity contribution in [3.8, 4) is 23.0 Å². The van der Waals surface area contributed by atoms with Crippen LogP contribution in [0.4, 0.5) is 0 Å². The number of ether oxygens (including phenoxy) is 5. The van der Waals surface area contributed by atoms with Crippen LogP contribution in [0, 0.1) is 0 Å². The van der Waals surface area contributed by atoms with Crippen molar-refractivity contribution in [3.63, 3.8) is 0 Å². The molecule has 0 bridgehead atoms. The van der Waals surface area contributed by atoms with Crippen LogP contribution in [0.5, 0.6) is 23.0 Å². The quantitative estimate of drug-likeness (QED) is 0.200. The van der Waals surface area contributed by atoms with Gasteiger partial charge in [0.05, 0.1) is 49.3 Å². The molecule has 0 N–H and O–H groups in total. The highest BCUT2D eigenvalue weighted by molar-refractivity contribution is 7.07. The molecule has 0 saturated carbocycles. The second kappa shape index (κ2) is 14.0. The SMILES string of the molecule is CCOC(=O)C1=C(C)N=c2s/c(=C\c3ccc(OCc4ccc(Cl)cc4)c(OCC)c3)c(=O)n2[C@@H]1c1ccc(OC)c(OC)c1. The van der Waals surface area contributed by atoms with E-state index in [9.17, 15) is 9.59 Å². The Bertz CT molecular complexity index is 1930. The van der Waals surface area contributed by atoms with Gasteiger partial charge in [-0.2, -0.15) is 0 Å². The molecule has 45 heavy (non-hydrogen) atoms. The van der Waals surface area contributed by atoms with Crippen LogP contribution in [0.25, 0.3) is 6.08 Å². The minimum absolute atomic E-state index is 0.181. The number of benzene rings is 3. The summed E-state index contributed by atoms with van der Waals surface area (Å²) in [5.41, 5.74) is 2.82. The first-order valence-corrected chi connectivity index (χ1v) is 15.5. The summed E-state index contributed by atoms with van der Waals surface area (Å²) in [6, 6.07) is 17.5. The molecule has 5 rings (SSSR count). The third-order valence-corrected chi connectivity index (χ3v) is 8.35. The Balaban J connectivity index is 1.57. The molecule has 3 aromatic carbocycles. The van der Waals surface area contributed by atoms with E-state index < -0.39 is 12.0 Å². The lowest BCUT2D eigenvalue weighted by Crippen LogP contribution is -2.39. The second-order valence-electron chi connectivity index (χ2n) is 9.97. The molecule has 1 aliphatic rings. The number of nitrogens with zero attached hydrogens (tertiary/aromatic N) is 2. The number of esters is 1. The minimum atomic E-state index is -0.787. The van der Waals surface area contributed by atoms with Gasteiger partial charge in [-0.1, -0.05) is 47.2 Å². The first-order chi connectivity index (χ1) is 21.8. The largest absolute Gasteiger partial charge is 0.493 e. The van der Waals surface area contributed by atoms with Crippen LogP contribution in [-0.2, 0) is 16.1 Å². The van der Waals surface area contributed by atoms with Crippen LogP contribution < -0.4 is 33.8 Å². The van der Waals surface area contributed by atoms with E-state index in [1.54, 1.807) is 45.2 Å². The molecule has 1 aliphatic heterocycles. The Morgan fingerprint density at radius 3 is 2.36 bits per heavy atom. The van der Waals surface area contributed by atoms with Crippen LogP contribution in [0.2, 0.25) is 5.02 Å². The van der Waals surface area contributed by atoms with Crippen molar-refractivity contribution in [3.05, 3.63) is 113 Å². The maximum absolute atomic E-state index is 14.1. The number of halogens is 1. The number of hydrogen-bond acceptors (Lipinski definition) is 9. The summed E-state index contributed by atoms with van der Waals surface area (Å²) in [6.07, 6.45) is 1.78. The number of carbonyl (C=O) groups excluding carboxylic acids is 1. The van der Waals surface area contributed by atoms with Gasteiger partial charge in [-0.15, -0.1) is 0 Å². The van der Waals surface area contributed by atoms with E-state index in [0.717, 1.165) is 11.1 Å². The molecule has 0 unspecified atom stereocenters. The fraction of sp³-hybridized carbons (Fsp3) is 0.265. The number of hydrogen-bond donors (Lipinski definition) is 0. The number of methoxy groups -OCH3 is 2. The molecule has 1 atom stereocenters. The Labute approximate surface area is 269 Å². The van der Waals surface area contributed by atoms with Crippen molar-refractivity contribution in [2.45, 2.75) is 33.4 Å². The van der Waals surface area contributed by atoms with Gasteiger partial charge in [0, 0.05) is 5.02 Å². The topological polar surface area (TPSA) is 97.6 Å². The monoisotopic (exact) mass is 648 g/mol. The van der Waals surface area contributed by atoms with Gasteiger partial charge in [0.15, 0.2) is 27.8 Å². The lowest BCUT2D eigenvalue weighted by atomic mass is 9.95. The molecule has 4 aromatic rings. The van der Waals surface area contributed by atoms with Crippen LogP contribution in [0.15, 0.2) is 81.7 Å². The van der Waals surface area contributed by atoms with Crippen molar-refractivity contribution in [1.82, 2.24) is 4.57 Å². The van der Waals surface area contributed by atoms with E-state index in [0.29, 0.717) is 61.8 Å². The average molecular weight is 649 g/mol. The van der Waals surface area contributed by atoms with E-state index in [4.69, 9.17) is 35.3 Å². The van der Waals surface area contributed by atoms with Crippen LogP contribution in [0.1, 0.15) is 43.5 Å². The van der Waals surface area contributed by atoms with Crippen molar-refractivity contribution in [1.29, 1.82) is 0 Å². The molecule has 0 radical (unpaired) electrons. The standard InChI is InChI=1S/C34H33ClN2O7S/c1-6-42-28-16-22(10-14-26(28)44-19-21-8-12-24(35)13-9-21)17-29-32(38)37-31(23-11-15-25(40-4)27(18-23)41-5)30(33(39)43-7-2)20(3)36-34(37)45-29/h8-18,31H,6-7,19H2,1-5H3/b29-17-/t31-/m1/s1. The van der Waals surface area contributed by atoms with Crippen LogP contribution in [0.3, 0.4) is 0 Å². The normalized spacial score (nSPS) is 14.4. The summed E-state index contributed by atoms with van der Waals surface area (Å²) in [5.74, 6) is 1.59. The Hall–Kier alpha value is -4.54. The zero-order chi connectivity index (χ0) is 32.1. The van der Waals surface area contributed by atoms with E-state index >= 15 is 0 Å². The van der Waals surface area contributed by atoms with Gasteiger partial charge in [-0.05, 0) is 79.9 Å². The van der Waals surface area contributed by atoms with Crippen molar-refractivity contribution in [2.24, 2.45) is 4.99 Å². The van der Waals surface area contributed by atoms with Gasteiger partial charge < -0.3 is 23.7 Å². The molecule has 1 aromatic heterocycles. The highest BCUT2D eigenvalue weighted by Gasteiger charge is 2.34. The van der Waals surface area contributed by atoms with Gasteiger partial charge in [0.25, 0.3) is 5.56 Å². The number of thiazole rings is 1. The molecular formula is C34H33ClN2O7S. The number of allylic oxidation sites excluding steroid dienone is 1.